The highest BCUT2D eigenvalue weighted by molar-refractivity contribution is 5.77. The lowest BCUT2D eigenvalue weighted by Gasteiger charge is -2.32. The van der Waals surface area contributed by atoms with Crippen LogP contribution in [0.4, 0.5) is 8.78 Å². The summed E-state index contributed by atoms with van der Waals surface area (Å²) >= 11 is 0. The van der Waals surface area contributed by atoms with Crippen molar-refractivity contribution >= 4 is 5.91 Å². The minimum atomic E-state index is -0.610. The fraction of sp³-hybridized carbons (Fsp3) is 0.562. The number of hydrogen-bond acceptors (Lipinski definition) is 2. The van der Waals surface area contributed by atoms with Crippen LogP contribution in [0.5, 0.6) is 0 Å². The molecule has 0 bridgehead atoms. The highest BCUT2D eigenvalue weighted by atomic mass is 19.1. The number of carbonyl (C=O) groups is 1. The van der Waals surface area contributed by atoms with Gasteiger partial charge >= 0.3 is 0 Å². The van der Waals surface area contributed by atoms with Crippen molar-refractivity contribution < 1.29 is 18.7 Å². The highest BCUT2D eigenvalue weighted by Crippen LogP contribution is 2.25. The smallest absolute Gasteiger partial charge is 0.223 e. The van der Waals surface area contributed by atoms with E-state index in [1.807, 2.05) is 0 Å². The van der Waals surface area contributed by atoms with E-state index >= 15 is 0 Å². The molecule has 1 heterocycles. The summed E-state index contributed by atoms with van der Waals surface area (Å²) in [6.45, 7) is 3.22. The Bertz CT molecular complexity index is 499. The molecule has 1 N–H and O–H groups in total. The van der Waals surface area contributed by atoms with Crippen LogP contribution in [0.3, 0.4) is 0 Å². The first-order valence-corrected chi connectivity index (χ1v) is 7.34. The molecule has 1 unspecified atom stereocenters. The Hall–Kier alpha value is -1.49. The fourth-order valence-electron chi connectivity index (χ4n) is 2.77. The molecule has 1 aromatic rings. The third kappa shape index (κ3) is 4.00. The van der Waals surface area contributed by atoms with Crippen LogP contribution < -0.4 is 0 Å². The monoisotopic (exact) mass is 297 g/mol. The van der Waals surface area contributed by atoms with Gasteiger partial charge in [0, 0.05) is 32.2 Å². The van der Waals surface area contributed by atoms with Gasteiger partial charge in [-0.15, -0.1) is 0 Å². The van der Waals surface area contributed by atoms with Crippen LogP contribution in [0, 0.1) is 17.6 Å². The molecule has 1 saturated heterocycles. The summed E-state index contributed by atoms with van der Waals surface area (Å²) in [5.41, 5.74) is 0.370. The van der Waals surface area contributed by atoms with E-state index < -0.39 is 11.6 Å². The van der Waals surface area contributed by atoms with Gasteiger partial charge in [-0.1, -0.05) is 13.0 Å². The van der Waals surface area contributed by atoms with Crippen LogP contribution in [-0.4, -0.2) is 35.6 Å². The fourth-order valence-corrected chi connectivity index (χ4v) is 2.77. The summed E-state index contributed by atoms with van der Waals surface area (Å²) < 4.78 is 26.6. The second-order valence-electron chi connectivity index (χ2n) is 5.78. The van der Waals surface area contributed by atoms with Gasteiger partial charge in [-0.3, -0.25) is 4.79 Å². The van der Waals surface area contributed by atoms with Gasteiger partial charge in [-0.25, -0.2) is 8.78 Å². The molecule has 2 rings (SSSR count). The van der Waals surface area contributed by atoms with Gasteiger partial charge in [0.15, 0.2) is 0 Å². The zero-order valence-electron chi connectivity index (χ0n) is 12.2. The van der Waals surface area contributed by atoms with E-state index in [1.54, 1.807) is 11.8 Å². The van der Waals surface area contributed by atoms with E-state index in [9.17, 15) is 13.6 Å². The molecule has 1 atom stereocenters. The van der Waals surface area contributed by atoms with Crippen molar-refractivity contribution in [3.63, 3.8) is 0 Å². The number of aliphatic hydroxyl groups excluding tert-OH is 1. The van der Waals surface area contributed by atoms with Crippen LogP contribution in [-0.2, 0) is 4.79 Å². The standard InChI is InChI=1S/C16H21F2NO2/c1-11(14-3-2-13(17)9-15(14)18)8-16(21)19-6-4-12(10-20)5-7-19/h2-3,9,11-12,20H,4-8,10H2,1H3. The lowest BCUT2D eigenvalue weighted by molar-refractivity contribution is -0.133. The molecule has 0 spiro atoms. The van der Waals surface area contributed by atoms with Crippen molar-refractivity contribution in [2.45, 2.75) is 32.1 Å². The molecule has 21 heavy (non-hydrogen) atoms. The van der Waals surface area contributed by atoms with Gasteiger partial charge in [-0.2, -0.15) is 0 Å². The molecule has 1 aliphatic rings. The molecule has 116 valence electrons. The minimum Gasteiger partial charge on any atom is -0.396 e. The first-order chi connectivity index (χ1) is 10.0. The van der Waals surface area contributed by atoms with Crippen molar-refractivity contribution in [3.05, 3.63) is 35.4 Å². The second-order valence-corrected chi connectivity index (χ2v) is 5.78. The van der Waals surface area contributed by atoms with Gasteiger partial charge in [0.25, 0.3) is 0 Å². The topological polar surface area (TPSA) is 40.5 Å². The van der Waals surface area contributed by atoms with Gasteiger partial charge in [-0.05, 0) is 36.3 Å². The van der Waals surface area contributed by atoms with Gasteiger partial charge < -0.3 is 10.0 Å². The maximum absolute atomic E-state index is 13.7. The van der Waals surface area contributed by atoms with Crippen molar-refractivity contribution in [1.29, 1.82) is 0 Å². The van der Waals surface area contributed by atoms with E-state index in [2.05, 4.69) is 0 Å². The molecule has 0 saturated carbocycles. The average Bonchev–Trinajstić information content (AvgIpc) is 2.47. The SMILES string of the molecule is CC(CC(=O)N1CCC(CO)CC1)c1ccc(F)cc1F. The maximum Gasteiger partial charge on any atom is 0.223 e. The Morgan fingerprint density at radius 1 is 1.38 bits per heavy atom. The van der Waals surface area contributed by atoms with Gasteiger partial charge in [0.2, 0.25) is 5.91 Å². The molecule has 1 aromatic carbocycles. The summed E-state index contributed by atoms with van der Waals surface area (Å²) in [6, 6.07) is 3.47. The molecule has 5 heteroatoms. The number of amides is 1. The lowest BCUT2D eigenvalue weighted by Crippen LogP contribution is -2.39. The molecule has 0 aromatic heterocycles. The Kier molecular flexibility index (Phi) is 5.28. The van der Waals surface area contributed by atoms with Crippen LogP contribution >= 0.6 is 0 Å². The van der Waals surface area contributed by atoms with E-state index in [4.69, 9.17) is 5.11 Å². The van der Waals surface area contributed by atoms with E-state index in [1.165, 1.54) is 12.1 Å². The van der Waals surface area contributed by atoms with Crippen LogP contribution in [0.25, 0.3) is 0 Å². The van der Waals surface area contributed by atoms with Crippen molar-refractivity contribution in [3.8, 4) is 0 Å². The number of rotatable bonds is 4. The van der Waals surface area contributed by atoms with Crippen LogP contribution in [0.15, 0.2) is 18.2 Å². The molecule has 1 amide bonds. The Balaban J connectivity index is 1.93. The summed E-state index contributed by atoms with van der Waals surface area (Å²) in [6.07, 6.45) is 1.83. The Morgan fingerprint density at radius 3 is 2.62 bits per heavy atom. The minimum absolute atomic E-state index is 0.0115. The highest BCUT2D eigenvalue weighted by Gasteiger charge is 2.24. The van der Waals surface area contributed by atoms with Crippen molar-refractivity contribution in [2.75, 3.05) is 19.7 Å². The first kappa shape index (κ1) is 15.9. The zero-order chi connectivity index (χ0) is 15.4. The Morgan fingerprint density at radius 2 is 2.05 bits per heavy atom. The summed E-state index contributed by atoms with van der Waals surface area (Å²) in [4.78, 5) is 14.0. The second kappa shape index (κ2) is 6.98. The Labute approximate surface area is 123 Å². The maximum atomic E-state index is 13.7. The third-order valence-electron chi connectivity index (χ3n) is 4.20. The normalized spacial score (nSPS) is 17.8. The summed E-state index contributed by atoms with van der Waals surface area (Å²) in [7, 11) is 0. The van der Waals surface area contributed by atoms with E-state index in [0.717, 1.165) is 18.9 Å². The van der Waals surface area contributed by atoms with Gasteiger partial charge in [0.1, 0.15) is 11.6 Å². The molecule has 0 radical (unpaired) electrons. The first-order valence-electron chi connectivity index (χ1n) is 7.34. The number of carbonyl (C=O) groups excluding carboxylic acids is 1. The van der Waals surface area contributed by atoms with Gasteiger partial charge in [0.05, 0.1) is 0 Å². The number of aliphatic hydroxyl groups is 1. The summed E-state index contributed by atoms with van der Waals surface area (Å²) in [5.74, 6) is -1.23. The average molecular weight is 297 g/mol. The molecule has 3 nitrogen and oxygen atoms in total. The number of halogens is 2. The quantitative estimate of drug-likeness (QED) is 0.928. The van der Waals surface area contributed by atoms with Crippen molar-refractivity contribution in [2.24, 2.45) is 5.92 Å². The number of nitrogens with zero attached hydrogens (tertiary/aromatic N) is 1. The molecule has 1 fully saturated rings. The van der Waals surface area contributed by atoms with E-state index in [-0.39, 0.29) is 30.8 Å². The molecule has 0 aliphatic carbocycles. The summed E-state index contributed by atoms with van der Waals surface area (Å²) in [5, 5.41) is 9.09. The number of likely N-dealkylation sites (tertiary alicyclic amines) is 1. The lowest BCUT2D eigenvalue weighted by atomic mass is 9.94. The van der Waals surface area contributed by atoms with Crippen LogP contribution in [0.1, 0.15) is 37.7 Å². The zero-order valence-corrected chi connectivity index (χ0v) is 12.2. The molecular weight excluding hydrogens is 276 g/mol. The number of hydrogen-bond donors (Lipinski definition) is 1. The molecule has 1 aliphatic heterocycles. The number of benzene rings is 1. The predicted molar refractivity (Wildman–Crippen MR) is 75.8 cm³/mol. The molecular formula is C16H21F2NO2. The number of piperidine rings is 1. The largest absolute Gasteiger partial charge is 0.396 e. The van der Waals surface area contributed by atoms with E-state index in [0.29, 0.717) is 18.7 Å². The van der Waals surface area contributed by atoms with Crippen LogP contribution in [0.2, 0.25) is 0 Å². The predicted octanol–water partition coefficient (Wildman–Crippen LogP) is 2.69. The third-order valence-corrected chi connectivity index (χ3v) is 4.20. The van der Waals surface area contributed by atoms with Crippen molar-refractivity contribution in [1.82, 2.24) is 4.90 Å².